The zero-order valence-electron chi connectivity index (χ0n) is 11.2. The van der Waals surface area contributed by atoms with Gasteiger partial charge in [0.05, 0.1) is 5.69 Å². The molecule has 0 atom stereocenters. The molecule has 1 aromatic rings. The smallest absolute Gasteiger partial charge is 0.321 e. The highest BCUT2D eigenvalue weighted by atomic mass is 79.9. The van der Waals surface area contributed by atoms with Crippen LogP contribution in [-0.4, -0.2) is 29.0 Å². The van der Waals surface area contributed by atoms with Crippen LogP contribution < -0.4 is 11.1 Å². The number of hydrogen-bond acceptors (Lipinski definition) is 2. The number of urea groups is 1. The maximum Gasteiger partial charge on any atom is 0.321 e. The zero-order valence-corrected chi connectivity index (χ0v) is 13.6. The van der Waals surface area contributed by atoms with Crippen LogP contribution >= 0.6 is 28.1 Å². The van der Waals surface area contributed by atoms with Gasteiger partial charge in [0.25, 0.3) is 0 Å². The molecule has 3 N–H and O–H groups in total. The van der Waals surface area contributed by atoms with E-state index in [1.54, 1.807) is 0 Å². The minimum Gasteiger partial charge on any atom is -0.389 e. The van der Waals surface area contributed by atoms with Gasteiger partial charge in [-0.2, -0.15) is 0 Å². The summed E-state index contributed by atoms with van der Waals surface area (Å²) in [5.74, 6) is 0. The van der Waals surface area contributed by atoms with Crippen LogP contribution in [0.3, 0.4) is 0 Å². The van der Waals surface area contributed by atoms with Gasteiger partial charge in [0.1, 0.15) is 4.99 Å². The topological polar surface area (TPSA) is 58.4 Å². The maximum absolute atomic E-state index is 12.2. The number of hydrogen-bond donors (Lipinski definition) is 2. The van der Waals surface area contributed by atoms with Gasteiger partial charge in [-0.15, -0.1) is 0 Å². The third-order valence-electron chi connectivity index (χ3n) is 3.39. The molecule has 0 unspecified atom stereocenters. The average Bonchev–Trinajstić information content (AvgIpc) is 2.69. The van der Waals surface area contributed by atoms with Crippen molar-refractivity contribution in [1.29, 1.82) is 0 Å². The Balaban J connectivity index is 2.05. The molecule has 1 fully saturated rings. The highest BCUT2D eigenvalue weighted by Gasteiger charge is 2.16. The second kappa shape index (κ2) is 7.04. The number of nitrogens with zero attached hydrogens (tertiary/aromatic N) is 1. The van der Waals surface area contributed by atoms with Crippen LogP contribution in [0.4, 0.5) is 10.5 Å². The summed E-state index contributed by atoms with van der Waals surface area (Å²) in [5.41, 5.74) is 7.10. The lowest BCUT2D eigenvalue weighted by molar-refractivity contribution is 0.214. The predicted octanol–water partition coefficient (Wildman–Crippen LogP) is 3.49. The lowest BCUT2D eigenvalue weighted by atomic mass is 10.2. The van der Waals surface area contributed by atoms with Gasteiger partial charge in [0, 0.05) is 23.1 Å². The standard InChI is InChI=1S/C14H18BrN3OS/c15-11-9-10(13(16)20)5-6-12(11)17-14(19)18-7-3-1-2-4-8-18/h5-6,9H,1-4,7-8H2,(H2,16,20)(H,17,19). The minimum atomic E-state index is -0.0457. The summed E-state index contributed by atoms with van der Waals surface area (Å²) in [6, 6.07) is 5.40. The van der Waals surface area contributed by atoms with Gasteiger partial charge in [0.2, 0.25) is 0 Å². The first-order valence-electron chi connectivity index (χ1n) is 6.73. The summed E-state index contributed by atoms with van der Waals surface area (Å²) in [7, 11) is 0. The fourth-order valence-corrected chi connectivity index (χ4v) is 2.84. The molecule has 1 saturated heterocycles. The number of carbonyl (C=O) groups is 1. The van der Waals surface area contributed by atoms with E-state index in [2.05, 4.69) is 21.2 Å². The van der Waals surface area contributed by atoms with E-state index in [9.17, 15) is 4.79 Å². The second-order valence-electron chi connectivity index (χ2n) is 4.89. The van der Waals surface area contributed by atoms with Gasteiger partial charge in [0.15, 0.2) is 0 Å². The van der Waals surface area contributed by atoms with Crippen molar-refractivity contribution < 1.29 is 4.79 Å². The molecule has 2 rings (SSSR count). The Labute approximate surface area is 132 Å². The fraction of sp³-hybridized carbons (Fsp3) is 0.429. The molecule has 6 heteroatoms. The average molecular weight is 356 g/mol. The number of carbonyl (C=O) groups excluding carboxylic acids is 1. The molecule has 0 aliphatic carbocycles. The molecule has 1 heterocycles. The number of thiocarbonyl (C=S) groups is 1. The van der Waals surface area contributed by atoms with Crippen LogP contribution in [0.1, 0.15) is 31.2 Å². The number of likely N-dealkylation sites (tertiary alicyclic amines) is 1. The summed E-state index contributed by atoms with van der Waals surface area (Å²) in [6.45, 7) is 1.66. The van der Waals surface area contributed by atoms with Crippen molar-refractivity contribution in [1.82, 2.24) is 4.90 Å². The van der Waals surface area contributed by atoms with Gasteiger partial charge in [-0.3, -0.25) is 0 Å². The van der Waals surface area contributed by atoms with Crippen molar-refractivity contribution >= 4 is 44.9 Å². The van der Waals surface area contributed by atoms with Crippen LogP contribution in [-0.2, 0) is 0 Å². The summed E-state index contributed by atoms with van der Waals surface area (Å²) in [5, 5.41) is 2.93. The highest BCUT2D eigenvalue weighted by molar-refractivity contribution is 9.10. The number of benzene rings is 1. The van der Waals surface area contributed by atoms with Gasteiger partial charge < -0.3 is 16.0 Å². The Bertz CT molecular complexity index is 513. The molecule has 4 nitrogen and oxygen atoms in total. The molecular formula is C14H18BrN3OS. The summed E-state index contributed by atoms with van der Waals surface area (Å²) in [6.07, 6.45) is 4.57. The number of rotatable bonds is 2. The van der Waals surface area contributed by atoms with Crippen molar-refractivity contribution in [2.24, 2.45) is 5.73 Å². The number of halogens is 1. The summed E-state index contributed by atoms with van der Waals surface area (Å²) in [4.78, 5) is 14.5. The largest absolute Gasteiger partial charge is 0.389 e. The Morgan fingerprint density at radius 3 is 2.45 bits per heavy atom. The van der Waals surface area contributed by atoms with Crippen LogP contribution in [0.2, 0.25) is 0 Å². The van der Waals surface area contributed by atoms with Crippen LogP contribution in [0.5, 0.6) is 0 Å². The van der Waals surface area contributed by atoms with Crippen LogP contribution in [0.25, 0.3) is 0 Å². The Morgan fingerprint density at radius 1 is 1.25 bits per heavy atom. The normalized spacial score (nSPS) is 15.6. The van der Waals surface area contributed by atoms with E-state index < -0.39 is 0 Å². The molecule has 1 aromatic carbocycles. The monoisotopic (exact) mass is 355 g/mol. The number of nitrogens with one attached hydrogen (secondary N) is 1. The van der Waals surface area contributed by atoms with E-state index in [0.29, 0.717) is 4.99 Å². The number of amides is 2. The predicted molar refractivity (Wildman–Crippen MR) is 89.1 cm³/mol. The molecule has 0 radical (unpaired) electrons. The molecule has 0 saturated carbocycles. The Morgan fingerprint density at radius 2 is 1.90 bits per heavy atom. The van der Waals surface area contributed by atoms with Gasteiger partial charge >= 0.3 is 6.03 Å². The Kier molecular flexibility index (Phi) is 5.37. The first-order valence-corrected chi connectivity index (χ1v) is 7.93. The molecule has 1 aliphatic rings. The van der Waals surface area contributed by atoms with Crippen LogP contribution in [0, 0.1) is 0 Å². The highest BCUT2D eigenvalue weighted by Crippen LogP contribution is 2.24. The van der Waals surface area contributed by atoms with E-state index in [1.165, 1.54) is 12.8 Å². The Hall–Kier alpha value is -1.14. The second-order valence-corrected chi connectivity index (χ2v) is 6.18. The van der Waals surface area contributed by atoms with Crippen molar-refractivity contribution in [3.63, 3.8) is 0 Å². The molecular weight excluding hydrogens is 338 g/mol. The lowest BCUT2D eigenvalue weighted by Gasteiger charge is -2.21. The van der Waals surface area contributed by atoms with Crippen molar-refractivity contribution in [3.05, 3.63) is 28.2 Å². The molecule has 0 aromatic heterocycles. The molecule has 20 heavy (non-hydrogen) atoms. The molecule has 0 spiro atoms. The van der Waals surface area contributed by atoms with E-state index in [0.717, 1.165) is 41.7 Å². The summed E-state index contributed by atoms with van der Waals surface area (Å²) < 4.78 is 0.783. The lowest BCUT2D eigenvalue weighted by Crippen LogP contribution is -2.35. The maximum atomic E-state index is 12.2. The van der Waals surface area contributed by atoms with E-state index >= 15 is 0 Å². The molecule has 1 aliphatic heterocycles. The van der Waals surface area contributed by atoms with Crippen molar-refractivity contribution in [3.8, 4) is 0 Å². The summed E-state index contributed by atoms with van der Waals surface area (Å²) >= 11 is 8.37. The molecule has 0 bridgehead atoms. The molecule has 2 amide bonds. The van der Waals surface area contributed by atoms with E-state index in [1.807, 2.05) is 23.1 Å². The fourth-order valence-electron chi connectivity index (χ4n) is 2.24. The van der Waals surface area contributed by atoms with Crippen molar-refractivity contribution in [2.45, 2.75) is 25.7 Å². The van der Waals surface area contributed by atoms with Crippen LogP contribution in [0.15, 0.2) is 22.7 Å². The first kappa shape index (κ1) is 15.3. The van der Waals surface area contributed by atoms with E-state index in [4.69, 9.17) is 18.0 Å². The number of nitrogens with two attached hydrogens (primary N) is 1. The van der Waals surface area contributed by atoms with Crippen molar-refractivity contribution in [2.75, 3.05) is 18.4 Å². The third-order valence-corrected chi connectivity index (χ3v) is 4.28. The van der Waals surface area contributed by atoms with Gasteiger partial charge in [-0.1, -0.05) is 25.1 Å². The molecule has 108 valence electrons. The first-order chi connectivity index (χ1) is 9.58. The van der Waals surface area contributed by atoms with E-state index in [-0.39, 0.29) is 6.03 Å². The SMILES string of the molecule is NC(=S)c1ccc(NC(=O)N2CCCCCC2)c(Br)c1. The minimum absolute atomic E-state index is 0.0457. The number of anilines is 1. The quantitative estimate of drug-likeness (QED) is 0.798. The third kappa shape index (κ3) is 3.93. The van der Waals surface area contributed by atoms with Gasteiger partial charge in [-0.25, -0.2) is 4.79 Å². The zero-order chi connectivity index (χ0) is 14.5. The van der Waals surface area contributed by atoms with Gasteiger partial charge in [-0.05, 0) is 47.0 Å².